The molecule has 0 fully saturated rings. The summed E-state index contributed by atoms with van der Waals surface area (Å²) in [6, 6.07) is 12.9. The highest BCUT2D eigenvalue weighted by Gasteiger charge is 2.15. The molecule has 2 nitrogen and oxygen atoms in total. The van der Waals surface area contributed by atoms with E-state index < -0.39 is 0 Å². The first-order chi connectivity index (χ1) is 9.41. The summed E-state index contributed by atoms with van der Waals surface area (Å²) in [6.07, 6.45) is 0.745. The van der Waals surface area contributed by atoms with Gasteiger partial charge in [-0.3, -0.25) is 4.79 Å². The molecule has 0 atom stereocenters. The molecule has 0 saturated heterocycles. The summed E-state index contributed by atoms with van der Waals surface area (Å²) in [6.45, 7) is 6.41. The number of halogens is 1. The van der Waals surface area contributed by atoms with Gasteiger partial charge in [-0.25, -0.2) is 0 Å². The lowest BCUT2D eigenvalue weighted by Gasteiger charge is -2.20. The van der Waals surface area contributed by atoms with Gasteiger partial charge < -0.3 is 4.74 Å². The summed E-state index contributed by atoms with van der Waals surface area (Å²) in [5.74, 6) is 1.07. The predicted molar refractivity (Wildman–Crippen MR) is 82.1 cm³/mol. The Morgan fingerprint density at radius 1 is 1.10 bits per heavy atom. The van der Waals surface area contributed by atoms with Crippen LogP contribution in [0, 0.1) is 0 Å². The second-order valence-electron chi connectivity index (χ2n) is 5.66. The molecule has 0 aliphatic rings. The topological polar surface area (TPSA) is 26.3 Å². The second kappa shape index (κ2) is 5.68. The molecule has 0 radical (unpaired) electrons. The van der Waals surface area contributed by atoms with Gasteiger partial charge in [-0.05, 0) is 35.2 Å². The van der Waals surface area contributed by atoms with Gasteiger partial charge in [0.15, 0.2) is 12.0 Å². The standard InChI is InChI=1S/C17H17ClO2/c1-17(2,3)13-7-5-8-14(10-13)20-16-12(11-19)6-4-9-15(16)18/h4-11H,1-3H3. The highest BCUT2D eigenvalue weighted by Crippen LogP contribution is 2.34. The smallest absolute Gasteiger partial charge is 0.156 e. The van der Waals surface area contributed by atoms with Crippen molar-refractivity contribution < 1.29 is 9.53 Å². The number of carbonyl (C=O) groups is 1. The minimum absolute atomic E-state index is 0.0351. The van der Waals surface area contributed by atoms with Crippen LogP contribution < -0.4 is 4.74 Å². The third kappa shape index (κ3) is 3.20. The summed E-state index contributed by atoms with van der Waals surface area (Å²) in [7, 11) is 0. The molecule has 0 aliphatic carbocycles. The minimum atomic E-state index is 0.0351. The van der Waals surface area contributed by atoms with E-state index in [2.05, 4.69) is 26.8 Å². The number of aldehydes is 1. The van der Waals surface area contributed by atoms with Crippen molar-refractivity contribution in [2.75, 3.05) is 0 Å². The van der Waals surface area contributed by atoms with Crippen molar-refractivity contribution in [3.8, 4) is 11.5 Å². The summed E-state index contributed by atoms with van der Waals surface area (Å²) in [5, 5.41) is 0.427. The van der Waals surface area contributed by atoms with Crippen LogP contribution in [-0.2, 0) is 5.41 Å². The summed E-state index contributed by atoms with van der Waals surface area (Å²) < 4.78 is 5.80. The number of rotatable bonds is 3. The average Bonchev–Trinajstić information content (AvgIpc) is 2.40. The van der Waals surface area contributed by atoms with E-state index in [0.717, 1.165) is 11.8 Å². The van der Waals surface area contributed by atoms with Gasteiger partial charge >= 0.3 is 0 Å². The maximum Gasteiger partial charge on any atom is 0.156 e. The molecule has 0 bridgehead atoms. The van der Waals surface area contributed by atoms with E-state index in [0.29, 0.717) is 22.1 Å². The zero-order chi connectivity index (χ0) is 14.8. The van der Waals surface area contributed by atoms with Crippen LogP contribution in [0.4, 0.5) is 0 Å². The van der Waals surface area contributed by atoms with Crippen molar-refractivity contribution in [1.29, 1.82) is 0 Å². The van der Waals surface area contributed by atoms with Gasteiger partial charge in [0.05, 0.1) is 10.6 Å². The largest absolute Gasteiger partial charge is 0.455 e. The van der Waals surface area contributed by atoms with Crippen LogP contribution in [0.1, 0.15) is 36.7 Å². The molecule has 0 unspecified atom stereocenters. The molecule has 0 heterocycles. The molecule has 20 heavy (non-hydrogen) atoms. The predicted octanol–water partition coefficient (Wildman–Crippen LogP) is 5.24. The summed E-state index contributed by atoms with van der Waals surface area (Å²) in [5.41, 5.74) is 1.64. The van der Waals surface area contributed by atoms with Crippen LogP contribution in [0.15, 0.2) is 42.5 Å². The third-order valence-corrected chi connectivity index (χ3v) is 3.34. The quantitative estimate of drug-likeness (QED) is 0.722. The third-order valence-electron chi connectivity index (χ3n) is 3.04. The van der Waals surface area contributed by atoms with Crippen molar-refractivity contribution in [2.24, 2.45) is 0 Å². The van der Waals surface area contributed by atoms with Crippen molar-refractivity contribution in [1.82, 2.24) is 0 Å². The highest BCUT2D eigenvalue weighted by atomic mass is 35.5. The molecule has 0 saturated carbocycles. The molecular weight excluding hydrogens is 272 g/mol. The molecule has 3 heteroatoms. The first-order valence-electron chi connectivity index (χ1n) is 6.44. The number of benzene rings is 2. The molecule has 104 valence electrons. The van der Waals surface area contributed by atoms with Gasteiger partial charge in [0.25, 0.3) is 0 Å². The van der Waals surface area contributed by atoms with E-state index in [1.165, 1.54) is 0 Å². The Morgan fingerprint density at radius 2 is 1.80 bits per heavy atom. The van der Waals surface area contributed by atoms with Gasteiger partial charge in [-0.2, -0.15) is 0 Å². The number of hydrogen-bond donors (Lipinski definition) is 0. The normalized spacial score (nSPS) is 11.2. The van der Waals surface area contributed by atoms with Crippen molar-refractivity contribution in [3.63, 3.8) is 0 Å². The molecule has 0 amide bonds. The van der Waals surface area contributed by atoms with Crippen molar-refractivity contribution in [3.05, 3.63) is 58.6 Å². The number of carbonyl (C=O) groups excluding carboxylic acids is 1. The zero-order valence-corrected chi connectivity index (χ0v) is 12.6. The maximum atomic E-state index is 11.1. The van der Waals surface area contributed by atoms with E-state index in [4.69, 9.17) is 16.3 Å². The summed E-state index contributed by atoms with van der Waals surface area (Å²) in [4.78, 5) is 11.1. The van der Waals surface area contributed by atoms with E-state index in [9.17, 15) is 4.79 Å². The van der Waals surface area contributed by atoms with Crippen LogP contribution in [0.2, 0.25) is 5.02 Å². The lowest BCUT2D eigenvalue weighted by Crippen LogP contribution is -2.10. The Hall–Kier alpha value is -1.80. The Labute approximate surface area is 124 Å². The van der Waals surface area contributed by atoms with Crippen LogP contribution in [0.3, 0.4) is 0 Å². The molecule has 2 aromatic rings. The molecular formula is C17H17ClO2. The maximum absolute atomic E-state index is 11.1. The van der Waals surface area contributed by atoms with Gasteiger partial charge in [0.1, 0.15) is 5.75 Å². The van der Waals surface area contributed by atoms with Crippen LogP contribution in [0.25, 0.3) is 0 Å². The minimum Gasteiger partial charge on any atom is -0.455 e. The number of ether oxygens (including phenoxy) is 1. The fourth-order valence-corrected chi connectivity index (χ4v) is 2.09. The fraction of sp³-hybridized carbons (Fsp3) is 0.235. The Kier molecular flexibility index (Phi) is 4.15. The SMILES string of the molecule is CC(C)(C)c1cccc(Oc2c(Cl)cccc2C=O)c1. The van der Waals surface area contributed by atoms with Gasteiger partial charge in [-0.1, -0.05) is 50.6 Å². The Bertz CT molecular complexity index is 627. The molecule has 0 aliphatic heterocycles. The summed E-state index contributed by atoms with van der Waals surface area (Å²) >= 11 is 6.10. The first kappa shape index (κ1) is 14.6. The second-order valence-corrected chi connectivity index (χ2v) is 6.06. The van der Waals surface area contributed by atoms with Crippen molar-refractivity contribution >= 4 is 17.9 Å². The van der Waals surface area contributed by atoms with Crippen LogP contribution >= 0.6 is 11.6 Å². The van der Waals surface area contributed by atoms with Crippen LogP contribution in [0.5, 0.6) is 11.5 Å². The Balaban J connectivity index is 2.38. The number of hydrogen-bond acceptors (Lipinski definition) is 2. The van der Waals surface area contributed by atoms with Gasteiger partial charge in [0.2, 0.25) is 0 Å². The van der Waals surface area contributed by atoms with E-state index in [1.807, 2.05) is 18.2 Å². The van der Waals surface area contributed by atoms with Gasteiger partial charge in [-0.15, -0.1) is 0 Å². The van der Waals surface area contributed by atoms with E-state index in [1.54, 1.807) is 18.2 Å². The molecule has 0 aromatic heterocycles. The zero-order valence-electron chi connectivity index (χ0n) is 11.8. The van der Waals surface area contributed by atoms with E-state index >= 15 is 0 Å². The van der Waals surface area contributed by atoms with Crippen molar-refractivity contribution in [2.45, 2.75) is 26.2 Å². The first-order valence-corrected chi connectivity index (χ1v) is 6.81. The highest BCUT2D eigenvalue weighted by molar-refractivity contribution is 6.32. The molecule has 0 spiro atoms. The molecule has 2 aromatic carbocycles. The number of para-hydroxylation sites is 1. The van der Waals surface area contributed by atoms with Crippen LogP contribution in [-0.4, -0.2) is 6.29 Å². The van der Waals surface area contributed by atoms with Gasteiger partial charge in [0, 0.05) is 0 Å². The lowest BCUT2D eigenvalue weighted by atomic mass is 9.87. The lowest BCUT2D eigenvalue weighted by molar-refractivity contribution is 0.112. The molecule has 2 rings (SSSR count). The monoisotopic (exact) mass is 288 g/mol. The van der Waals surface area contributed by atoms with E-state index in [-0.39, 0.29) is 5.41 Å². The molecule has 0 N–H and O–H groups in total. The average molecular weight is 289 g/mol. The Morgan fingerprint density at radius 3 is 2.45 bits per heavy atom. The fourth-order valence-electron chi connectivity index (χ4n) is 1.87.